The molecule has 3 N–H and O–H groups in total. The zero-order chi connectivity index (χ0) is 33.8. The van der Waals surface area contributed by atoms with Crippen molar-refractivity contribution in [3.05, 3.63) is 72.3 Å². The lowest BCUT2D eigenvalue weighted by Gasteiger charge is -2.32. The molecule has 0 unspecified atom stereocenters. The summed E-state index contributed by atoms with van der Waals surface area (Å²) in [6.07, 6.45) is -1.61. The third kappa shape index (κ3) is 11.4. The highest BCUT2D eigenvalue weighted by Gasteiger charge is 2.27. The van der Waals surface area contributed by atoms with Crippen molar-refractivity contribution in [2.75, 3.05) is 37.4 Å². The van der Waals surface area contributed by atoms with E-state index in [1.807, 2.05) is 18.7 Å². The summed E-state index contributed by atoms with van der Waals surface area (Å²) in [5, 5.41) is 8.62. The Kier molecular flexibility index (Phi) is 12.7. The summed E-state index contributed by atoms with van der Waals surface area (Å²) < 4.78 is 54.7. The van der Waals surface area contributed by atoms with Crippen molar-refractivity contribution in [1.82, 2.24) is 10.2 Å². The van der Waals surface area contributed by atoms with Gasteiger partial charge in [-0.1, -0.05) is 13.8 Å². The van der Waals surface area contributed by atoms with Crippen molar-refractivity contribution >= 4 is 23.3 Å². The molecule has 0 bridgehead atoms. The summed E-state index contributed by atoms with van der Waals surface area (Å²) in [6, 6.07) is 18.7. The molecule has 1 aliphatic heterocycles. The van der Waals surface area contributed by atoms with Gasteiger partial charge >= 0.3 is 12.2 Å². The summed E-state index contributed by atoms with van der Waals surface area (Å²) in [4.78, 5) is 27.2. The van der Waals surface area contributed by atoms with Crippen molar-refractivity contribution in [3.8, 4) is 23.0 Å². The number of nitrogens with one attached hydrogen (secondary N) is 3. The van der Waals surface area contributed by atoms with Gasteiger partial charge in [-0.05, 0) is 99.3 Å². The summed E-state index contributed by atoms with van der Waals surface area (Å²) in [7, 11) is 1.52. The van der Waals surface area contributed by atoms with Crippen molar-refractivity contribution in [1.29, 1.82) is 0 Å². The van der Waals surface area contributed by atoms with Crippen LogP contribution in [0.15, 0.2) is 66.7 Å². The van der Waals surface area contributed by atoms with Gasteiger partial charge in [-0.3, -0.25) is 4.79 Å². The monoisotopic (exact) mass is 656 g/mol. The SMILES string of the molecule is CCC(CC)NC(=O)Nc1ccc(Oc2ccc(NC(=O)c3ccc(OC4CCN(CCCC(F)(F)F)CC4)cc3)cc2)c(OC)c1. The van der Waals surface area contributed by atoms with Crippen molar-refractivity contribution in [3.63, 3.8) is 0 Å². The van der Waals surface area contributed by atoms with E-state index in [9.17, 15) is 22.8 Å². The molecular weight excluding hydrogens is 613 g/mol. The van der Waals surface area contributed by atoms with E-state index in [-0.39, 0.29) is 30.5 Å². The minimum Gasteiger partial charge on any atom is -0.493 e. The Bertz CT molecular complexity index is 1440. The number of likely N-dealkylation sites (tertiary alicyclic amines) is 1. The quantitative estimate of drug-likeness (QED) is 0.162. The van der Waals surface area contributed by atoms with E-state index in [4.69, 9.17) is 14.2 Å². The number of benzene rings is 3. The smallest absolute Gasteiger partial charge is 0.389 e. The molecule has 0 radical (unpaired) electrons. The topological polar surface area (TPSA) is 101 Å². The lowest BCUT2D eigenvalue weighted by molar-refractivity contribution is -0.136. The van der Waals surface area contributed by atoms with Crippen LogP contribution >= 0.6 is 0 Å². The largest absolute Gasteiger partial charge is 0.493 e. The molecule has 3 amide bonds. The number of hydrogen-bond acceptors (Lipinski definition) is 6. The number of piperidine rings is 1. The molecule has 47 heavy (non-hydrogen) atoms. The summed E-state index contributed by atoms with van der Waals surface area (Å²) in [5.41, 5.74) is 1.61. The molecule has 254 valence electrons. The molecule has 3 aromatic carbocycles. The van der Waals surface area contributed by atoms with Crippen molar-refractivity contribution < 1.29 is 37.0 Å². The molecule has 0 aliphatic carbocycles. The highest BCUT2D eigenvalue weighted by Crippen LogP contribution is 2.34. The number of urea groups is 1. The first-order valence-corrected chi connectivity index (χ1v) is 16.0. The fourth-order valence-electron chi connectivity index (χ4n) is 5.24. The Morgan fingerprint density at radius 2 is 1.51 bits per heavy atom. The lowest BCUT2D eigenvalue weighted by atomic mass is 10.1. The van der Waals surface area contributed by atoms with Gasteiger partial charge in [0.2, 0.25) is 0 Å². The number of anilines is 2. The van der Waals surface area contributed by atoms with Crippen LogP contribution in [0.25, 0.3) is 0 Å². The van der Waals surface area contributed by atoms with Crippen LogP contribution in [0.2, 0.25) is 0 Å². The van der Waals surface area contributed by atoms with E-state index in [0.29, 0.717) is 59.6 Å². The first-order valence-electron chi connectivity index (χ1n) is 16.0. The normalized spacial score (nSPS) is 14.0. The second kappa shape index (κ2) is 16.9. The molecule has 1 aliphatic rings. The van der Waals surface area contributed by atoms with Crippen LogP contribution in [0.3, 0.4) is 0 Å². The van der Waals surface area contributed by atoms with E-state index < -0.39 is 12.6 Å². The number of alkyl halides is 3. The van der Waals surface area contributed by atoms with Gasteiger partial charge in [0.05, 0.1) is 7.11 Å². The molecule has 1 heterocycles. The lowest BCUT2D eigenvalue weighted by Crippen LogP contribution is -2.38. The molecule has 0 aromatic heterocycles. The Morgan fingerprint density at radius 3 is 2.13 bits per heavy atom. The molecule has 9 nitrogen and oxygen atoms in total. The fraction of sp³-hybridized carbons (Fsp3) is 0.429. The average molecular weight is 657 g/mol. The van der Waals surface area contributed by atoms with E-state index in [1.54, 1.807) is 66.7 Å². The number of nitrogens with zero attached hydrogens (tertiary/aromatic N) is 1. The van der Waals surface area contributed by atoms with Gasteiger partial charge < -0.3 is 35.1 Å². The van der Waals surface area contributed by atoms with Gasteiger partial charge in [-0.25, -0.2) is 4.79 Å². The molecule has 1 saturated heterocycles. The van der Waals surface area contributed by atoms with Gasteiger partial charge in [0.25, 0.3) is 5.91 Å². The Labute approximate surface area is 273 Å². The predicted octanol–water partition coefficient (Wildman–Crippen LogP) is 8.24. The number of halogens is 3. The van der Waals surface area contributed by atoms with Crippen molar-refractivity contribution in [2.45, 2.75) is 70.7 Å². The number of ether oxygens (including phenoxy) is 3. The minimum atomic E-state index is -4.11. The van der Waals surface area contributed by atoms with E-state index in [0.717, 1.165) is 25.7 Å². The predicted molar refractivity (Wildman–Crippen MR) is 176 cm³/mol. The zero-order valence-electron chi connectivity index (χ0n) is 27.0. The Balaban J connectivity index is 1.23. The number of hydrogen-bond donors (Lipinski definition) is 3. The van der Waals surface area contributed by atoms with Crippen LogP contribution in [-0.2, 0) is 0 Å². The molecule has 0 spiro atoms. The van der Waals surface area contributed by atoms with Crippen LogP contribution < -0.4 is 30.2 Å². The number of amides is 3. The van der Waals surface area contributed by atoms with Gasteiger partial charge in [0, 0.05) is 48.6 Å². The second-order valence-electron chi connectivity index (χ2n) is 11.5. The molecule has 0 atom stereocenters. The van der Waals surface area contributed by atoms with E-state index >= 15 is 0 Å². The second-order valence-corrected chi connectivity index (χ2v) is 11.5. The highest BCUT2D eigenvalue weighted by atomic mass is 19.4. The van der Waals surface area contributed by atoms with Crippen LogP contribution in [0.1, 0.15) is 62.7 Å². The van der Waals surface area contributed by atoms with E-state index in [2.05, 4.69) is 16.0 Å². The third-order valence-electron chi connectivity index (χ3n) is 7.97. The fourth-order valence-corrected chi connectivity index (χ4v) is 5.24. The highest BCUT2D eigenvalue weighted by molar-refractivity contribution is 6.04. The Hall–Kier alpha value is -4.45. The maximum Gasteiger partial charge on any atom is 0.389 e. The van der Waals surface area contributed by atoms with Gasteiger partial charge in [0.1, 0.15) is 17.6 Å². The average Bonchev–Trinajstić information content (AvgIpc) is 3.05. The van der Waals surface area contributed by atoms with E-state index in [1.165, 1.54) is 7.11 Å². The first-order chi connectivity index (χ1) is 22.5. The standard InChI is InChI=1S/C35H43F3N4O5/c1-4-25(5-2)40-34(44)41-27-11-16-31(32(23-27)45-3)47-29-14-9-26(10-15-29)39-33(43)24-7-12-28(13-8-24)46-30-17-21-42(22-18-30)20-6-19-35(36,37)38/h7-16,23,25,30H,4-6,17-22H2,1-3H3,(H,39,43)(H2,40,41,44). The summed E-state index contributed by atoms with van der Waals surface area (Å²) >= 11 is 0. The van der Waals surface area contributed by atoms with Crippen LogP contribution in [0.5, 0.6) is 23.0 Å². The first kappa shape index (κ1) is 35.4. The molecular formula is C35H43F3N4O5. The van der Waals surface area contributed by atoms with Crippen LogP contribution in [-0.4, -0.2) is 61.9 Å². The van der Waals surface area contributed by atoms with Gasteiger partial charge in [-0.2, -0.15) is 13.2 Å². The zero-order valence-corrected chi connectivity index (χ0v) is 27.0. The van der Waals surface area contributed by atoms with Crippen LogP contribution in [0, 0.1) is 0 Å². The maximum absolute atomic E-state index is 12.9. The minimum absolute atomic E-state index is 0.0189. The van der Waals surface area contributed by atoms with Crippen LogP contribution in [0.4, 0.5) is 29.3 Å². The van der Waals surface area contributed by atoms with Gasteiger partial charge in [0.15, 0.2) is 11.5 Å². The molecule has 4 rings (SSSR count). The van der Waals surface area contributed by atoms with Gasteiger partial charge in [-0.15, -0.1) is 0 Å². The maximum atomic E-state index is 12.9. The third-order valence-corrected chi connectivity index (χ3v) is 7.97. The number of rotatable bonds is 14. The molecule has 12 heteroatoms. The molecule has 1 fully saturated rings. The molecule has 0 saturated carbocycles. The summed E-state index contributed by atoms with van der Waals surface area (Å²) in [5.74, 6) is 1.80. The number of carbonyl (C=O) groups excluding carboxylic acids is 2. The van der Waals surface area contributed by atoms with Crippen molar-refractivity contribution in [2.24, 2.45) is 0 Å². The summed E-state index contributed by atoms with van der Waals surface area (Å²) in [6.45, 7) is 5.88. The Morgan fingerprint density at radius 1 is 0.872 bits per heavy atom. The number of carbonyl (C=O) groups is 2. The molecule has 3 aromatic rings. The number of methoxy groups -OCH3 is 1.